The number of anilines is 1. The van der Waals surface area contributed by atoms with Gasteiger partial charge in [-0.1, -0.05) is 13.8 Å². The minimum atomic E-state index is 0.251. The Balaban J connectivity index is 1.79. The topological polar surface area (TPSA) is 60.7 Å². The maximum Gasteiger partial charge on any atom is 0.195 e. The highest BCUT2D eigenvalue weighted by Gasteiger charge is 2.36. The van der Waals surface area contributed by atoms with Crippen molar-refractivity contribution in [3.8, 4) is 6.07 Å². The van der Waals surface area contributed by atoms with Crippen LogP contribution in [-0.2, 0) is 0 Å². The van der Waals surface area contributed by atoms with Crippen LogP contribution in [0.15, 0.2) is 18.2 Å². The van der Waals surface area contributed by atoms with Crippen molar-refractivity contribution in [2.24, 2.45) is 5.41 Å². The first-order valence-corrected chi connectivity index (χ1v) is 8.58. The van der Waals surface area contributed by atoms with Gasteiger partial charge in [-0.05, 0) is 49.9 Å². The predicted octanol–water partition coefficient (Wildman–Crippen LogP) is 3.75. The van der Waals surface area contributed by atoms with Crippen molar-refractivity contribution in [3.05, 3.63) is 23.2 Å². The van der Waals surface area contributed by atoms with Crippen LogP contribution in [0.5, 0.6) is 0 Å². The Hall–Kier alpha value is -1.64. The molecule has 1 aromatic heterocycles. The number of thiazole rings is 1. The van der Waals surface area contributed by atoms with Crippen LogP contribution in [0.25, 0.3) is 10.2 Å². The molecule has 22 heavy (non-hydrogen) atoms. The number of rotatable bonds is 3. The quantitative estimate of drug-likeness (QED) is 0.906. The number of hydrogen-bond acceptors (Lipinski definition) is 5. The predicted molar refractivity (Wildman–Crippen MR) is 92.2 cm³/mol. The van der Waals surface area contributed by atoms with E-state index < -0.39 is 0 Å². The molecular formula is C17H22N4S. The molecule has 1 aliphatic rings. The molecule has 2 aromatic rings. The molecule has 0 unspecified atom stereocenters. The van der Waals surface area contributed by atoms with E-state index in [9.17, 15) is 0 Å². The second-order valence-corrected chi connectivity index (χ2v) is 7.80. The van der Waals surface area contributed by atoms with Crippen LogP contribution in [-0.4, -0.2) is 24.1 Å². The number of fused-ring (bicyclic) bond motifs is 1. The van der Waals surface area contributed by atoms with Gasteiger partial charge in [0, 0.05) is 17.8 Å². The summed E-state index contributed by atoms with van der Waals surface area (Å²) in [5.74, 6) is 0. The fourth-order valence-corrected chi connectivity index (χ4v) is 4.16. The largest absolute Gasteiger partial charge is 0.382 e. The van der Waals surface area contributed by atoms with Crippen LogP contribution in [0, 0.1) is 16.7 Å². The zero-order valence-corrected chi connectivity index (χ0v) is 14.1. The first-order valence-electron chi connectivity index (χ1n) is 7.76. The molecule has 1 fully saturated rings. The van der Waals surface area contributed by atoms with E-state index in [-0.39, 0.29) is 5.41 Å². The lowest BCUT2D eigenvalue weighted by Gasteiger charge is -2.43. The molecule has 1 aromatic carbocycles. The summed E-state index contributed by atoms with van der Waals surface area (Å²) in [6.07, 6.45) is 3.55. The highest BCUT2D eigenvalue weighted by atomic mass is 32.1. The van der Waals surface area contributed by atoms with E-state index >= 15 is 0 Å². The molecular weight excluding hydrogens is 292 g/mol. The van der Waals surface area contributed by atoms with Crippen molar-refractivity contribution in [3.63, 3.8) is 0 Å². The van der Waals surface area contributed by atoms with Crippen molar-refractivity contribution in [2.45, 2.75) is 45.2 Å². The molecule has 2 N–H and O–H groups in total. The van der Waals surface area contributed by atoms with Crippen molar-refractivity contribution in [1.82, 2.24) is 10.3 Å². The minimum Gasteiger partial charge on any atom is -0.382 e. The van der Waals surface area contributed by atoms with Gasteiger partial charge in [-0.2, -0.15) is 5.26 Å². The van der Waals surface area contributed by atoms with Gasteiger partial charge in [0.15, 0.2) is 5.01 Å². The van der Waals surface area contributed by atoms with Gasteiger partial charge in [0.05, 0.1) is 10.2 Å². The lowest BCUT2D eigenvalue weighted by Crippen LogP contribution is -2.46. The van der Waals surface area contributed by atoms with Crippen molar-refractivity contribution < 1.29 is 0 Å². The Labute approximate surface area is 135 Å². The van der Waals surface area contributed by atoms with Crippen LogP contribution >= 0.6 is 11.3 Å². The van der Waals surface area contributed by atoms with Crippen LogP contribution in [0.1, 0.15) is 38.1 Å². The van der Waals surface area contributed by atoms with Gasteiger partial charge in [-0.15, -0.1) is 11.3 Å². The number of nitrogens with zero attached hydrogens (tertiary/aromatic N) is 2. The molecule has 1 aliphatic carbocycles. The average molecular weight is 314 g/mol. The summed E-state index contributed by atoms with van der Waals surface area (Å²) in [5, 5.41) is 16.6. The smallest absolute Gasteiger partial charge is 0.195 e. The van der Waals surface area contributed by atoms with Crippen molar-refractivity contribution in [1.29, 1.82) is 5.26 Å². The fourth-order valence-electron chi connectivity index (χ4n) is 3.42. The van der Waals surface area contributed by atoms with E-state index in [0.717, 1.165) is 22.3 Å². The summed E-state index contributed by atoms with van der Waals surface area (Å²) in [6.45, 7) is 4.67. The van der Waals surface area contributed by atoms with Crippen LogP contribution in [0.2, 0.25) is 0 Å². The lowest BCUT2D eigenvalue weighted by molar-refractivity contribution is 0.181. The minimum absolute atomic E-state index is 0.251. The molecule has 0 saturated heterocycles. The molecule has 0 radical (unpaired) electrons. The molecule has 0 aliphatic heterocycles. The zero-order valence-electron chi connectivity index (χ0n) is 13.3. The Morgan fingerprint density at radius 1 is 1.36 bits per heavy atom. The van der Waals surface area contributed by atoms with Gasteiger partial charge in [-0.3, -0.25) is 0 Å². The summed E-state index contributed by atoms with van der Waals surface area (Å²) in [5.41, 5.74) is 2.26. The molecule has 116 valence electrons. The van der Waals surface area contributed by atoms with E-state index in [4.69, 9.17) is 5.26 Å². The average Bonchev–Trinajstić information content (AvgIpc) is 2.91. The number of nitriles is 1. The number of hydrogen-bond donors (Lipinski definition) is 2. The summed E-state index contributed by atoms with van der Waals surface area (Å²) in [4.78, 5) is 4.35. The molecule has 1 saturated carbocycles. The Morgan fingerprint density at radius 3 is 2.86 bits per heavy atom. The van der Waals surface area contributed by atoms with E-state index in [0.29, 0.717) is 17.1 Å². The van der Waals surface area contributed by atoms with E-state index in [1.807, 2.05) is 0 Å². The Kier molecular flexibility index (Phi) is 4.07. The van der Waals surface area contributed by atoms with Gasteiger partial charge < -0.3 is 10.6 Å². The van der Waals surface area contributed by atoms with Gasteiger partial charge in [0.1, 0.15) is 6.07 Å². The van der Waals surface area contributed by atoms with E-state index in [1.165, 1.54) is 24.2 Å². The SMILES string of the molecule is CN[C@@H]1CC[C@H](Nc2ccc3sc(C#N)nc3c2)C(C)(C)C1. The molecule has 3 rings (SSSR count). The van der Waals surface area contributed by atoms with Crippen LogP contribution in [0.3, 0.4) is 0 Å². The lowest BCUT2D eigenvalue weighted by atomic mass is 9.71. The summed E-state index contributed by atoms with van der Waals surface area (Å²) in [6, 6.07) is 9.42. The van der Waals surface area contributed by atoms with Crippen molar-refractivity contribution >= 4 is 27.2 Å². The maximum absolute atomic E-state index is 8.96. The molecule has 1 heterocycles. The normalized spacial score (nSPS) is 24.1. The number of nitrogens with one attached hydrogen (secondary N) is 2. The second-order valence-electron chi connectivity index (χ2n) is 6.77. The highest BCUT2D eigenvalue weighted by Crippen LogP contribution is 2.38. The fraction of sp³-hybridized carbons (Fsp3) is 0.529. The summed E-state index contributed by atoms with van der Waals surface area (Å²) in [7, 11) is 2.05. The first kappa shape index (κ1) is 15.3. The standard InChI is InChI=1S/C17H22N4S/c1-17(2)9-12(19-3)5-7-15(17)20-11-4-6-14-13(8-11)21-16(10-18)22-14/h4,6,8,12,15,19-20H,5,7,9H2,1-3H3/t12-,15+/m1/s1. The summed E-state index contributed by atoms with van der Waals surface area (Å²) >= 11 is 1.45. The maximum atomic E-state index is 8.96. The zero-order chi connectivity index (χ0) is 15.7. The van der Waals surface area contributed by atoms with Crippen LogP contribution in [0.4, 0.5) is 5.69 Å². The van der Waals surface area contributed by atoms with E-state index in [1.54, 1.807) is 0 Å². The Morgan fingerprint density at radius 2 is 2.18 bits per heavy atom. The Bertz CT molecular complexity index is 713. The first-order chi connectivity index (χ1) is 10.5. The molecule has 0 bridgehead atoms. The third kappa shape index (κ3) is 2.94. The van der Waals surface area contributed by atoms with Gasteiger partial charge in [-0.25, -0.2) is 4.98 Å². The molecule has 0 spiro atoms. The monoisotopic (exact) mass is 314 g/mol. The van der Waals surface area contributed by atoms with Gasteiger partial charge in [0.2, 0.25) is 0 Å². The number of benzene rings is 1. The molecule has 4 nitrogen and oxygen atoms in total. The molecule has 2 atom stereocenters. The second kappa shape index (κ2) is 5.86. The van der Waals surface area contributed by atoms with Crippen molar-refractivity contribution in [2.75, 3.05) is 12.4 Å². The van der Waals surface area contributed by atoms with Crippen LogP contribution < -0.4 is 10.6 Å². The van der Waals surface area contributed by atoms with E-state index in [2.05, 4.69) is 60.8 Å². The number of aromatic nitrogens is 1. The molecule has 0 amide bonds. The molecule has 5 heteroatoms. The third-order valence-electron chi connectivity index (χ3n) is 4.75. The highest BCUT2D eigenvalue weighted by molar-refractivity contribution is 7.19. The van der Waals surface area contributed by atoms with Gasteiger partial charge >= 0.3 is 0 Å². The third-order valence-corrected chi connectivity index (χ3v) is 5.69. The van der Waals surface area contributed by atoms with Gasteiger partial charge in [0.25, 0.3) is 0 Å². The summed E-state index contributed by atoms with van der Waals surface area (Å²) < 4.78 is 1.07.